The van der Waals surface area contributed by atoms with E-state index in [-0.39, 0.29) is 24.3 Å². The van der Waals surface area contributed by atoms with Crippen molar-refractivity contribution in [3.8, 4) is 0 Å². The molecule has 2 unspecified atom stereocenters. The molecule has 0 saturated carbocycles. The van der Waals surface area contributed by atoms with Crippen molar-refractivity contribution in [3.63, 3.8) is 0 Å². The second-order valence-electron chi connectivity index (χ2n) is 5.14. The quantitative estimate of drug-likeness (QED) is 0.646. The van der Waals surface area contributed by atoms with Crippen LogP contribution in [-0.4, -0.2) is 18.8 Å². The van der Waals surface area contributed by atoms with Crippen molar-refractivity contribution in [1.29, 1.82) is 0 Å². The van der Waals surface area contributed by atoms with Crippen LogP contribution in [0.3, 0.4) is 0 Å². The van der Waals surface area contributed by atoms with E-state index in [1.165, 1.54) is 0 Å². The molecule has 0 aromatic carbocycles. The minimum Gasteiger partial charge on any atom is -0.313 e. The fourth-order valence-corrected chi connectivity index (χ4v) is 1.87. The van der Waals surface area contributed by atoms with Crippen LogP contribution in [0.5, 0.6) is 0 Å². The normalized spacial score (nSPS) is 30.4. The first-order chi connectivity index (χ1) is 6.21. The maximum atomic E-state index is 12.5. The van der Waals surface area contributed by atoms with Gasteiger partial charge in [0, 0.05) is 6.04 Å². The van der Waals surface area contributed by atoms with Crippen molar-refractivity contribution in [3.05, 3.63) is 0 Å². The Morgan fingerprint density at radius 1 is 1.14 bits per heavy atom. The van der Waals surface area contributed by atoms with Gasteiger partial charge in [-0.25, -0.2) is 0 Å². The van der Waals surface area contributed by atoms with E-state index >= 15 is 0 Å². The third kappa shape index (κ3) is 2.87. The highest BCUT2D eigenvalue weighted by molar-refractivity contribution is 4.88. The highest BCUT2D eigenvalue weighted by atomic mass is 19.4. The Kier molecular flexibility index (Phi) is 3.14. The van der Waals surface area contributed by atoms with Crippen LogP contribution in [0.25, 0.3) is 0 Å². The highest BCUT2D eigenvalue weighted by Gasteiger charge is 2.44. The van der Waals surface area contributed by atoms with Crippen molar-refractivity contribution < 1.29 is 13.2 Å². The first-order valence-corrected chi connectivity index (χ1v) is 5.01. The molecule has 1 saturated heterocycles. The number of rotatable bonds is 0. The van der Waals surface area contributed by atoms with E-state index in [2.05, 4.69) is 5.32 Å². The molecule has 1 aliphatic rings. The summed E-state index contributed by atoms with van der Waals surface area (Å²) in [5.74, 6) is -1.12. The molecule has 1 rings (SSSR count). The van der Waals surface area contributed by atoms with Gasteiger partial charge in [0.1, 0.15) is 0 Å². The molecule has 0 bridgehead atoms. The van der Waals surface area contributed by atoms with Crippen LogP contribution in [0, 0.1) is 11.3 Å². The smallest absolute Gasteiger partial charge is 0.313 e. The summed E-state index contributed by atoms with van der Waals surface area (Å²) in [6.45, 7) is 6.41. The van der Waals surface area contributed by atoms with E-state index in [9.17, 15) is 13.2 Å². The van der Waals surface area contributed by atoms with E-state index in [0.717, 1.165) is 0 Å². The summed E-state index contributed by atoms with van der Waals surface area (Å²) in [6.07, 6.45) is -3.59. The zero-order chi connectivity index (χ0) is 11.0. The lowest BCUT2D eigenvalue weighted by molar-refractivity contribution is -0.185. The van der Waals surface area contributed by atoms with Gasteiger partial charge in [0.2, 0.25) is 0 Å². The molecule has 1 aliphatic heterocycles. The number of hydrogen-bond acceptors (Lipinski definition) is 1. The van der Waals surface area contributed by atoms with Crippen LogP contribution >= 0.6 is 0 Å². The van der Waals surface area contributed by atoms with Crippen molar-refractivity contribution in [2.24, 2.45) is 11.3 Å². The number of piperidine rings is 1. The molecule has 0 aromatic heterocycles. The Morgan fingerprint density at radius 2 is 1.71 bits per heavy atom. The Hall–Kier alpha value is -0.250. The second-order valence-corrected chi connectivity index (χ2v) is 5.14. The third-order valence-corrected chi connectivity index (χ3v) is 2.91. The van der Waals surface area contributed by atoms with E-state index in [1.807, 2.05) is 20.8 Å². The first-order valence-electron chi connectivity index (χ1n) is 5.01. The molecule has 1 heterocycles. The van der Waals surface area contributed by atoms with Gasteiger partial charge in [-0.05, 0) is 24.8 Å². The van der Waals surface area contributed by atoms with Gasteiger partial charge in [-0.15, -0.1) is 0 Å². The molecule has 1 N–H and O–H groups in total. The average Bonchev–Trinajstić information content (AvgIpc) is 2.01. The summed E-state index contributed by atoms with van der Waals surface area (Å²) in [4.78, 5) is 0. The molecule has 4 heteroatoms. The summed E-state index contributed by atoms with van der Waals surface area (Å²) < 4.78 is 37.4. The largest absolute Gasteiger partial charge is 0.391 e. The summed E-state index contributed by atoms with van der Waals surface area (Å²) in [5.41, 5.74) is -0.0933. The second kappa shape index (κ2) is 3.72. The van der Waals surface area contributed by atoms with Gasteiger partial charge in [0.05, 0.1) is 5.92 Å². The van der Waals surface area contributed by atoms with Crippen LogP contribution in [0.2, 0.25) is 0 Å². The molecular weight excluding hydrogens is 191 g/mol. The van der Waals surface area contributed by atoms with Gasteiger partial charge >= 0.3 is 6.18 Å². The summed E-state index contributed by atoms with van der Waals surface area (Å²) in [6, 6.07) is -0.0251. The molecule has 1 nitrogen and oxygen atoms in total. The molecular formula is C10H18F3N. The van der Waals surface area contributed by atoms with Gasteiger partial charge in [-0.1, -0.05) is 20.8 Å². The van der Waals surface area contributed by atoms with Gasteiger partial charge in [-0.3, -0.25) is 0 Å². The lowest BCUT2D eigenvalue weighted by atomic mass is 9.78. The van der Waals surface area contributed by atoms with E-state index < -0.39 is 12.1 Å². The molecule has 0 aliphatic carbocycles. The number of alkyl halides is 3. The molecule has 0 amide bonds. The van der Waals surface area contributed by atoms with Crippen LogP contribution < -0.4 is 5.32 Å². The van der Waals surface area contributed by atoms with Crippen molar-refractivity contribution >= 4 is 0 Å². The fourth-order valence-electron chi connectivity index (χ4n) is 1.87. The molecule has 0 aromatic rings. The SMILES string of the molecule is CC(C)(C)C1CC(C(F)(F)F)CCN1. The Bertz CT molecular complexity index is 173. The molecule has 2 atom stereocenters. The standard InChI is InChI=1S/C10H18F3N/c1-9(2,3)8-6-7(4-5-14-8)10(11,12)13/h7-8,14H,4-6H2,1-3H3. The summed E-state index contributed by atoms with van der Waals surface area (Å²) in [7, 11) is 0. The first kappa shape index (κ1) is 11.8. The van der Waals surface area contributed by atoms with Gasteiger partial charge in [0.25, 0.3) is 0 Å². The monoisotopic (exact) mass is 209 g/mol. The molecule has 84 valence electrons. The van der Waals surface area contributed by atoms with Crippen LogP contribution in [0.4, 0.5) is 13.2 Å². The number of halogens is 3. The van der Waals surface area contributed by atoms with Crippen LogP contribution in [-0.2, 0) is 0 Å². The van der Waals surface area contributed by atoms with Crippen molar-refractivity contribution in [2.45, 2.75) is 45.8 Å². The third-order valence-electron chi connectivity index (χ3n) is 2.91. The maximum absolute atomic E-state index is 12.5. The lowest BCUT2D eigenvalue weighted by Gasteiger charge is -2.39. The lowest BCUT2D eigenvalue weighted by Crippen LogP contribution is -2.48. The summed E-state index contributed by atoms with van der Waals surface area (Å²) >= 11 is 0. The molecule has 1 fully saturated rings. The van der Waals surface area contributed by atoms with E-state index in [4.69, 9.17) is 0 Å². The minimum absolute atomic E-state index is 0.0251. The Balaban J connectivity index is 2.61. The van der Waals surface area contributed by atoms with E-state index in [0.29, 0.717) is 6.54 Å². The number of nitrogens with one attached hydrogen (secondary N) is 1. The van der Waals surface area contributed by atoms with Gasteiger partial charge in [0.15, 0.2) is 0 Å². The zero-order valence-corrected chi connectivity index (χ0v) is 8.91. The minimum atomic E-state index is -4.02. The Labute approximate surface area is 83.1 Å². The highest BCUT2D eigenvalue weighted by Crippen LogP contribution is 2.37. The van der Waals surface area contributed by atoms with Crippen molar-refractivity contribution in [1.82, 2.24) is 5.32 Å². The summed E-state index contributed by atoms with van der Waals surface area (Å²) in [5, 5.41) is 3.16. The maximum Gasteiger partial charge on any atom is 0.391 e. The topological polar surface area (TPSA) is 12.0 Å². The molecule has 0 spiro atoms. The average molecular weight is 209 g/mol. The fraction of sp³-hybridized carbons (Fsp3) is 1.00. The molecule has 14 heavy (non-hydrogen) atoms. The van der Waals surface area contributed by atoms with Crippen molar-refractivity contribution in [2.75, 3.05) is 6.54 Å². The van der Waals surface area contributed by atoms with Crippen LogP contribution in [0.15, 0.2) is 0 Å². The zero-order valence-electron chi connectivity index (χ0n) is 8.91. The van der Waals surface area contributed by atoms with Gasteiger partial charge < -0.3 is 5.32 Å². The Morgan fingerprint density at radius 3 is 2.14 bits per heavy atom. The predicted octanol–water partition coefficient (Wildman–Crippen LogP) is 2.96. The molecule has 0 radical (unpaired) electrons. The predicted molar refractivity (Wildman–Crippen MR) is 50.0 cm³/mol. The number of hydrogen-bond donors (Lipinski definition) is 1. The van der Waals surface area contributed by atoms with Crippen LogP contribution in [0.1, 0.15) is 33.6 Å². The van der Waals surface area contributed by atoms with E-state index in [1.54, 1.807) is 0 Å². The van der Waals surface area contributed by atoms with Gasteiger partial charge in [-0.2, -0.15) is 13.2 Å².